The van der Waals surface area contributed by atoms with Crippen LogP contribution in [-0.2, 0) is 14.1 Å². The standard InChI is InChI=1S/C4H9FNO5P/c5-11-12(9,10)2-1-3(6)4(7)8/h3H,1-2,6H2,(H,7,8)(H,9,10). The quantitative estimate of drug-likeness (QED) is 0.534. The molecule has 0 aliphatic rings. The molecule has 0 bridgehead atoms. The zero-order valence-electron chi connectivity index (χ0n) is 6.01. The fourth-order valence-corrected chi connectivity index (χ4v) is 1.13. The largest absolute Gasteiger partial charge is 0.480 e. The molecule has 0 aliphatic carbocycles. The van der Waals surface area contributed by atoms with Gasteiger partial charge in [-0.15, -0.1) is 4.73 Å². The summed E-state index contributed by atoms with van der Waals surface area (Å²) in [6.45, 7) is 0. The van der Waals surface area contributed by atoms with E-state index in [1.807, 2.05) is 0 Å². The van der Waals surface area contributed by atoms with Gasteiger partial charge in [-0.25, -0.2) is 0 Å². The van der Waals surface area contributed by atoms with E-state index >= 15 is 0 Å². The summed E-state index contributed by atoms with van der Waals surface area (Å²) in [5.74, 6) is -1.31. The van der Waals surface area contributed by atoms with Crippen LogP contribution in [0.3, 0.4) is 0 Å². The third-order valence-corrected chi connectivity index (χ3v) is 2.19. The number of carbonyl (C=O) groups is 1. The highest BCUT2D eigenvalue weighted by Crippen LogP contribution is 2.42. The lowest BCUT2D eigenvalue weighted by Gasteiger charge is -2.07. The van der Waals surface area contributed by atoms with E-state index in [0.29, 0.717) is 0 Å². The van der Waals surface area contributed by atoms with Gasteiger partial charge in [-0.05, 0) is 10.9 Å². The van der Waals surface area contributed by atoms with Crippen LogP contribution in [0.2, 0.25) is 0 Å². The van der Waals surface area contributed by atoms with E-state index in [2.05, 4.69) is 4.73 Å². The molecule has 0 rings (SSSR count). The minimum Gasteiger partial charge on any atom is -0.480 e. The van der Waals surface area contributed by atoms with E-state index in [0.717, 1.165) is 0 Å². The first-order valence-corrected chi connectivity index (χ1v) is 4.76. The van der Waals surface area contributed by atoms with Gasteiger partial charge >= 0.3 is 13.6 Å². The molecule has 0 aromatic rings. The van der Waals surface area contributed by atoms with Gasteiger partial charge in [0, 0.05) is 0 Å². The van der Waals surface area contributed by atoms with Crippen molar-refractivity contribution in [3.05, 3.63) is 0 Å². The van der Waals surface area contributed by atoms with Crippen molar-refractivity contribution < 1.29 is 28.6 Å². The summed E-state index contributed by atoms with van der Waals surface area (Å²) in [7, 11) is -4.28. The minimum absolute atomic E-state index is 0.312. The Morgan fingerprint density at radius 2 is 2.25 bits per heavy atom. The molecule has 4 N–H and O–H groups in total. The van der Waals surface area contributed by atoms with Crippen molar-refractivity contribution in [1.29, 1.82) is 0 Å². The van der Waals surface area contributed by atoms with E-state index < -0.39 is 25.8 Å². The Bertz CT molecular complexity index is 210. The first kappa shape index (κ1) is 11.5. The third kappa shape index (κ3) is 4.40. The molecule has 0 saturated heterocycles. The van der Waals surface area contributed by atoms with Crippen LogP contribution in [-0.4, -0.2) is 28.2 Å². The van der Waals surface area contributed by atoms with E-state index in [-0.39, 0.29) is 6.42 Å². The Balaban J connectivity index is 3.83. The molecule has 0 amide bonds. The normalized spacial score (nSPS) is 18.2. The zero-order valence-corrected chi connectivity index (χ0v) is 6.91. The number of carboxylic acids is 1. The number of nitrogens with two attached hydrogens (primary N) is 1. The molecule has 6 nitrogen and oxygen atoms in total. The van der Waals surface area contributed by atoms with Gasteiger partial charge < -0.3 is 15.7 Å². The van der Waals surface area contributed by atoms with Crippen LogP contribution in [0, 0.1) is 0 Å². The maximum absolute atomic E-state index is 11.2. The monoisotopic (exact) mass is 201 g/mol. The number of hydrogen-bond acceptors (Lipinski definition) is 4. The molecule has 0 fully saturated rings. The summed E-state index contributed by atoms with van der Waals surface area (Å²) in [5, 5.41) is 8.22. The average Bonchev–Trinajstić information content (AvgIpc) is 2.00. The van der Waals surface area contributed by atoms with Crippen LogP contribution in [0.15, 0.2) is 0 Å². The fraction of sp³-hybridized carbons (Fsp3) is 0.750. The van der Waals surface area contributed by atoms with Crippen molar-refractivity contribution in [2.75, 3.05) is 6.16 Å². The van der Waals surface area contributed by atoms with Crippen molar-refractivity contribution in [3.8, 4) is 0 Å². The summed E-state index contributed by atoms with van der Waals surface area (Å²) in [6, 6.07) is -1.28. The van der Waals surface area contributed by atoms with Crippen LogP contribution in [0.25, 0.3) is 0 Å². The lowest BCUT2D eigenvalue weighted by atomic mass is 10.2. The first-order chi connectivity index (χ1) is 5.39. The predicted molar refractivity (Wildman–Crippen MR) is 37.1 cm³/mol. The summed E-state index contributed by atoms with van der Waals surface area (Å²) >= 11 is 0. The van der Waals surface area contributed by atoms with Gasteiger partial charge in [-0.1, -0.05) is 0 Å². The van der Waals surface area contributed by atoms with Gasteiger partial charge in [0.1, 0.15) is 6.04 Å². The van der Waals surface area contributed by atoms with Gasteiger partial charge in [0.05, 0.1) is 6.16 Å². The molecule has 72 valence electrons. The van der Waals surface area contributed by atoms with Crippen LogP contribution < -0.4 is 5.73 Å². The van der Waals surface area contributed by atoms with Gasteiger partial charge in [0.25, 0.3) is 0 Å². The predicted octanol–water partition coefficient (Wildman–Crippen LogP) is -0.125. The van der Waals surface area contributed by atoms with Gasteiger partial charge in [-0.3, -0.25) is 9.36 Å². The topological polar surface area (TPSA) is 110 Å². The molecule has 0 spiro atoms. The Labute approximate surface area is 67.6 Å². The zero-order chi connectivity index (χ0) is 9.78. The van der Waals surface area contributed by atoms with Gasteiger partial charge in [0.15, 0.2) is 0 Å². The van der Waals surface area contributed by atoms with E-state index in [1.54, 1.807) is 0 Å². The molecule has 8 heteroatoms. The molecule has 2 atom stereocenters. The lowest BCUT2D eigenvalue weighted by molar-refractivity contribution is -0.138. The van der Waals surface area contributed by atoms with E-state index in [9.17, 15) is 13.9 Å². The van der Waals surface area contributed by atoms with Crippen molar-refractivity contribution in [2.24, 2.45) is 5.73 Å². The van der Waals surface area contributed by atoms with Gasteiger partial charge in [0.2, 0.25) is 0 Å². The van der Waals surface area contributed by atoms with Crippen molar-refractivity contribution in [1.82, 2.24) is 0 Å². The minimum atomic E-state index is -4.28. The molecule has 0 heterocycles. The van der Waals surface area contributed by atoms with E-state index in [1.165, 1.54) is 0 Å². The number of halogens is 1. The van der Waals surface area contributed by atoms with Crippen molar-refractivity contribution in [3.63, 3.8) is 0 Å². The van der Waals surface area contributed by atoms with Crippen molar-refractivity contribution in [2.45, 2.75) is 12.5 Å². The summed E-state index contributed by atoms with van der Waals surface area (Å²) in [6.07, 6.45) is -0.927. The smallest absolute Gasteiger partial charge is 0.361 e. The molecule has 0 saturated carbocycles. The Morgan fingerprint density at radius 1 is 1.75 bits per heavy atom. The second-order valence-corrected chi connectivity index (χ2v) is 4.02. The first-order valence-electron chi connectivity index (χ1n) is 2.99. The maximum atomic E-state index is 11.2. The highest BCUT2D eigenvalue weighted by Gasteiger charge is 2.23. The molecular weight excluding hydrogens is 192 g/mol. The Morgan fingerprint density at radius 3 is 2.58 bits per heavy atom. The molecule has 0 aromatic heterocycles. The number of rotatable bonds is 5. The third-order valence-electron chi connectivity index (χ3n) is 1.15. The van der Waals surface area contributed by atoms with E-state index in [4.69, 9.17) is 15.7 Å². The Hall–Kier alpha value is -0.490. The maximum Gasteiger partial charge on any atom is 0.361 e. The molecule has 0 radical (unpaired) electrons. The summed E-state index contributed by atoms with van der Waals surface area (Å²) < 4.78 is 24.4. The molecule has 2 unspecified atom stereocenters. The van der Waals surface area contributed by atoms with Gasteiger partial charge in [-0.2, -0.15) is 0 Å². The van der Waals surface area contributed by atoms with Crippen LogP contribution in [0.1, 0.15) is 6.42 Å². The summed E-state index contributed by atoms with van der Waals surface area (Å²) in [4.78, 5) is 18.5. The van der Waals surface area contributed by atoms with Crippen LogP contribution in [0.4, 0.5) is 4.53 Å². The molecular formula is C4H9FNO5P. The number of carboxylic acid groups (broad SMARTS) is 1. The molecule has 12 heavy (non-hydrogen) atoms. The molecule has 0 aliphatic heterocycles. The number of hydrogen-bond donors (Lipinski definition) is 3. The second kappa shape index (κ2) is 4.51. The highest BCUT2D eigenvalue weighted by atomic mass is 31.2. The average molecular weight is 201 g/mol. The second-order valence-electron chi connectivity index (χ2n) is 2.16. The Kier molecular flexibility index (Phi) is 4.33. The highest BCUT2D eigenvalue weighted by molar-refractivity contribution is 7.52. The SMILES string of the molecule is NC(CCP(=O)(O)OF)C(=O)O. The molecule has 0 aromatic carbocycles. The lowest BCUT2D eigenvalue weighted by Crippen LogP contribution is -2.30. The number of aliphatic carboxylic acids is 1. The van der Waals surface area contributed by atoms with Crippen molar-refractivity contribution >= 4 is 13.6 Å². The summed E-state index contributed by atoms with van der Waals surface area (Å²) in [5.41, 5.74) is 4.97. The van der Waals surface area contributed by atoms with Crippen LogP contribution >= 0.6 is 7.60 Å². The van der Waals surface area contributed by atoms with Crippen LogP contribution in [0.5, 0.6) is 0 Å². The fourth-order valence-electron chi connectivity index (χ4n) is 0.460.